The van der Waals surface area contributed by atoms with Crippen molar-refractivity contribution >= 4 is 92.1 Å². The number of benzene rings is 9. The van der Waals surface area contributed by atoms with Crippen molar-refractivity contribution in [3.05, 3.63) is 188 Å². The molecule has 9 aromatic carbocycles. The molecular weight excluding hydrogens is 663 g/mol. The normalized spacial score (nSPS) is 11.8. The van der Waals surface area contributed by atoms with E-state index in [0.717, 1.165) is 50.1 Å². The first-order valence-electron chi connectivity index (χ1n) is 18.0. The van der Waals surface area contributed by atoms with Crippen LogP contribution in [0, 0.1) is 0 Å². The quantitative estimate of drug-likeness (QED) is 0.167. The van der Waals surface area contributed by atoms with Crippen molar-refractivity contribution in [2.75, 3.05) is 4.90 Å². The zero-order valence-electron chi connectivity index (χ0n) is 28.7. The first kappa shape index (κ1) is 30.0. The average molecular weight is 694 g/mol. The average Bonchev–Trinajstić information content (AvgIpc) is 3.79. The van der Waals surface area contributed by atoms with Crippen LogP contribution in [-0.2, 0) is 0 Å². The zero-order chi connectivity index (χ0) is 34.9. The minimum absolute atomic E-state index is 0.910. The van der Waals surface area contributed by atoms with E-state index in [1.807, 2.05) is 23.5 Å². The third-order valence-electron chi connectivity index (χ3n) is 10.7. The van der Waals surface area contributed by atoms with Crippen molar-refractivity contribution in [1.82, 2.24) is 0 Å². The molecule has 0 radical (unpaired) electrons. The van der Waals surface area contributed by atoms with Gasteiger partial charge in [-0.2, -0.15) is 0 Å². The lowest BCUT2D eigenvalue weighted by Crippen LogP contribution is -2.10. The van der Waals surface area contributed by atoms with Crippen molar-refractivity contribution < 1.29 is 4.42 Å². The Morgan fingerprint density at radius 1 is 0.358 bits per heavy atom. The van der Waals surface area contributed by atoms with Crippen molar-refractivity contribution in [1.29, 1.82) is 0 Å². The van der Waals surface area contributed by atoms with Gasteiger partial charge in [0.05, 0.1) is 5.69 Å². The topological polar surface area (TPSA) is 16.4 Å². The Hall–Kier alpha value is -6.68. The largest absolute Gasteiger partial charge is 0.456 e. The molecule has 0 atom stereocenters. The fraction of sp³-hybridized carbons (Fsp3) is 0. The number of rotatable bonds is 5. The first-order chi connectivity index (χ1) is 26.2. The van der Waals surface area contributed by atoms with Gasteiger partial charge < -0.3 is 9.32 Å². The molecule has 0 aliphatic heterocycles. The van der Waals surface area contributed by atoms with Gasteiger partial charge in [-0.05, 0) is 105 Å². The number of furan rings is 1. The molecule has 2 nitrogen and oxygen atoms in total. The predicted molar refractivity (Wildman–Crippen MR) is 227 cm³/mol. The molecule has 0 aliphatic rings. The molecular formula is C50H31NOS. The predicted octanol–water partition coefficient (Wildman–Crippen LogP) is 15.1. The van der Waals surface area contributed by atoms with E-state index in [2.05, 4.69) is 181 Å². The molecule has 0 amide bonds. The summed E-state index contributed by atoms with van der Waals surface area (Å²) in [5.41, 5.74) is 9.94. The lowest BCUT2D eigenvalue weighted by Gasteiger charge is -2.28. The number of thiophene rings is 1. The molecule has 248 valence electrons. The summed E-state index contributed by atoms with van der Waals surface area (Å²) in [5.74, 6) is 0. The molecule has 0 unspecified atom stereocenters. The Morgan fingerprint density at radius 3 is 1.72 bits per heavy atom. The van der Waals surface area contributed by atoms with E-state index in [0.29, 0.717) is 0 Å². The Bertz CT molecular complexity index is 3010. The third-order valence-corrected chi connectivity index (χ3v) is 11.8. The van der Waals surface area contributed by atoms with Crippen LogP contribution in [0.3, 0.4) is 0 Å². The molecule has 0 fully saturated rings. The highest BCUT2D eigenvalue weighted by Gasteiger charge is 2.18. The lowest BCUT2D eigenvalue weighted by atomic mass is 9.98. The molecule has 11 rings (SSSR count). The lowest BCUT2D eigenvalue weighted by molar-refractivity contribution is 0.669. The van der Waals surface area contributed by atoms with E-state index < -0.39 is 0 Å². The van der Waals surface area contributed by atoms with Gasteiger partial charge >= 0.3 is 0 Å². The van der Waals surface area contributed by atoms with Gasteiger partial charge in [0.15, 0.2) is 0 Å². The maximum atomic E-state index is 6.12. The molecule has 11 aromatic rings. The van der Waals surface area contributed by atoms with E-state index in [4.69, 9.17) is 4.42 Å². The van der Waals surface area contributed by atoms with E-state index in [-0.39, 0.29) is 0 Å². The maximum Gasteiger partial charge on any atom is 0.135 e. The van der Waals surface area contributed by atoms with Gasteiger partial charge in [-0.1, -0.05) is 121 Å². The fourth-order valence-corrected chi connectivity index (χ4v) is 9.16. The molecule has 2 heterocycles. The van der Waals surface area contributed by atoms with E-state index in [9.17, 15) is 0 Å². The Kier molecular flexibility index (Phi) is 6.76. The Balaban J connectivity index is 1.04. The first-order valence-corrected chi connectivity index (χ1v) is 18.8. The fourth-order valence-electron chi connectivity index (χ4n) is 8.07. The van der Waals surface area contributed by atoms with Gasteiger partial charge in [0.1, 0.15) is 11.2 Å². The number of hydrogen-bond donors (Lipinski definition) is 0. The molecule has 0 saturated heterocycles. The molecule has 2 aromatic heterocycles. The summed E-state index contributed by atoms with van der Waals surface area (Å²) in [6.07, 6.45) is 0. The molecule has 0 aliphatic carbocycles. The summed E-state index contributed by atoms with van der Waals surface area (Å²) in [5, 5.41) is 9.85. The van der Waals surface area contributed by atoms with Gasteiger partial charge in [0, 0.05) is 47.7 Å². The molecule has 0 N–H and O–H groups in total. The Morgan fingerprint density at radius 2 is 0.925 bits per heavy atom. The van der Waals surface area contributed by atoms with Crippen molar-refractivity contribution in [3.63, 3.8) is 0 Å². The number of hydrogen-bond acceptors (Lipinski definition) is 3. The van der Waals surface area contributed by atoms with Crippen LogP contribution in [-0.4, -0.2) is 0 Å². The van der Waals surface area contributed by atoms with Crippen LogP contribution in [0.25, 0.3) is 85.9 Å². The molecule has 3 heteroatoms. The second-order valence-electron chi connectivity index (χ2n) is 13.7. The number of anilines is 3. The monoisotopic (exact) mass is 693 g/mol. The summed E-state index contributed by atoms with van der Waals surface area (Å²) in [4.78, 5) is 2.41. The standard InChI is InChI=1S/C50H31NOS/c1-2-10-40-34(8-1)16-17-35-9-7-13-45(50(35)40)51(38-24-18-32(19-25-38)36-22-28-47-43(30-36)41-11-3-5-14-46(41)52-47)39-26-20-33(21-27-39)37-23-29-49-44(31-37)42-12-4-6-15-48(42)53-49/h1-31H. The van der Waals surface area contributed by atoms with E-state index in [1.54, 1.807) is 0 Å². The summed E-state index contributed by atoms with van der Waals surface area (Å²) in [6.45, 7) is 0. The van der Waals surface area contributed by atoms with Gasteiger partial charge in [0.2, 0.25) is 0 Å². The number of fused-ring (bicyclic) bond motifs is 9. The number of para-hydroxylation sites is 1. The summed E-state index contributed by atoms with van der Waals surface area (Å²) in [7, 11) is 0. The molecule has 0 spiro atoms. The van der Waals surface area contributed by atoms with Crippen LogP contribution in [0.2, 0.25) is 0 Å². The third kappa shape index (κ3) is 4.93. The highest BCUT2D eigenvalue weighted by molar-refractivity contribution is 7.25. The van der Waals surface area contributed by atoms with Crippen LogP contribution >= 0.6 is 11.3 Å². The Labute approximate surface area is 310 Å². The van der Waals surface area contributed by atoms with Crippen molar-refractivity contribution in [2.24, 2.45) is 0 Å². The second kappa shape index (κ2) is 11.9. The highest BCUT2D eigenvalue weighted by atomic mass is 32.1. The van der Waals surface area contributed by atoms with Crippen LogP contribution in [0.1, 0.15) is 0 Å². The van der Waals surface area contributed by atoms with Gasteiger partial charge in [-0.25, -0.2) is 0 Å². The highest BCUT2D eigenvalue weighted by Crippen LogP contribution is 2.43. The van der Waals surface area contributed by atoms with Crippen LogP contribution in [0.4, 0.5) is 17.1 Å². The second-order valence-corrected chi connectivity index (χ2v) is 14.8. The maximum absolute atomic E-state index is 6.12. The minimum Gasteiger partial charge on any atom is -0.456 e. The van der Waals surface area contributed by atoms with Crippen LogP contribution < -0.4 is 4.90 Å². The van der Waals surface area contributed by atoms with Gasteiger partial charge in [-0.15, -0.1) is 11.3 Å². The zero-order valence-corrected chi connectivity index (χ0v) is 29.5. The van der Waals surface area contributed by atoms with Crippen molar-refractivity contribution in [2.45, 2.75) is 0 Å². The summed E-state index contributed by atoms with van der Waals surface area (Å²) < 4.78 is 8.77. The number of nitrogens with zero attached hydrogens (tertiary/aromatic N) is 1. The molecule has 0 bridgehead atoms. The van der Waals surface area contributed by atoms with E-state index in [1.165, 1.54) is 52.8 Å². The smallest absolute Gasteiger partial charge is 0.135 e. The summed E-state index contributed by atoms with van der Waals surface area (Å²) in [6, 6.07) is 68.2. The van der Waals surface area contributed by atoms with Crippen molar-refractivity contribution in [3.8, 4) is 22.3 Å². The molecule has 53 heavy (non-hydrogen) atoms. The minimum atomic E-state index is 0.910. The van der Waals surface area contributed by atoms with Gasteiger partial charge in [0.25, 0.3) is 0 Å². The van der Waals surface area contributed by atoms with E-state index >= 15 is 0 Å². The SMILES string of the molecule is c1ccc2c(c1)ccc1cccc(N(c3ccc(-c4ccc5oc6ccccc6c5c4)cc3)c3ccc(-c4ccc5sc6ccccc6c5c4)cc3)c12. The van der Waals surface area contributed by atoms with Crippen LogP contribution in [0.5, 0.6) is 0 Å². The summed E-state index contributed by atoms with van der Waals surface area (Å²) >= 11 is 1.86. The van der Waals surface area contributed by atoms with Gasteiger partial charge in [-0.3, -0.25) is 0 Å². The molecule has 0 saturated carbocycles. The van der Waals surface area contributed by atoms with Crippen LogP contribution in [0.15, 0.2) is 192 Å².